The van der Waals surface area contributed by atoms with Crippen LogP contribution in [0.1, 0.15) is 22.1 Å². The summed E-state index contributed by atoms with van der Waals surface area (Å²) in [5, 5.41) is 3.21. The van der Waals surface area contributed by atoms with Crippen LogP contribution in [0.15, 0.2) is 78.9 Å². The average molecular weight is 443 g/mol. The zero-order chi connectivity index (χ0) is 22.6. The highest BCUT2D eigenvalue weighted by Gasteiger charge is 2.32. The van der Waals surface area contributed by atoms with Crippen molar-refractivity contribution in [3.8, 4) is 5.75 Å². The van der Waals surface area contributed by atoms with Crippen LogP contribution in [0.5, 0.6) is 5.75 Å². The summed E-state index contributed by atoms with van der Waals surface area (Å²) in [6.45, 7) is 5.70. The summed E-state index contributed by atoms with van der Waals surface area (Å²) in [5.41, 5.74) is 4.01. The maximum absolute atomic E-state index is 12.8. The van der Waals surface area contributed by atoms with Gasteiger partial charge in [-0.25, -0.2) is 0 Å². The zero-order valence-electron chi connectivity index (χ0n) is 19.0. The van der Waals surface area contributed by atoms with Crippen molar-refractivity contribution in [2.45, 2.75) is 6.17 Å². The normalized spacial score (nSPS) is 18.6. The second-order valence-electron chi connectivity index (χ2n) is 8.50. The molecule has 0 saturated carbocycles. The van der Waals surface area contributed by atoms with E-state index in [1.807, 2.05) is 48.5 Å². The van der Waals surface area contributed by atoms with Crippen molar-refractivity contribution in [3.63, 3.8) is 0 Å². The minimum absolute atomic E-state index is 0.0128. The molecule has 3 aromatic carbocycles. The molecule has 6 nitrogen and oxygen atoms in total. The molecule has 33 heavy (non-hydrogen) atoms. The SMILES string of the molecule is COc1ccccc1N1CCN(CCN2c3ccccc3C(=O)NC2c2ccccc2)CC1. The quantitative estimate of drug-likeness (QED) is 0.630. The van der Waals surface area contributed by atoms with Crippen LogP contribution in [-0.4, -0.2) is 57.2 Å². The molecule has 3 aromatic rings. The first-order valence-electron chi connectivity index (χ1n) is 11.6. The molecule has 6 heteroatoms. The van der Waals surface area contributed by atoms with Crippen LogP contribution in [0.4, 0.5) is 11.4 Å². The maximum Gasteiger partial charge on any atom is 0.255 e. The lowest BCUT2D eigenvalue weighted by molar-refractivity contribution is 0.0925. The molecule has 1 N–H and O–H groups in total. The largest absolute Gasteiger partial charge is 0.495 e. The predicted molar refractivity (Wildman–Crippen MR) is 132 cm³/mol. The Bertz CT molecular complexity index is 1100. The second-order valence-corrected chi connectivity index (χ2v) is 8.50. The van der Waals surface area contributed by atoms with Gasteiger partial charge in [-0.05, 0) is 29.8 Å². The number of benzene rings is 3. The molecular formula is C27H30N4O2. The van der Waals surface area contributed by atoms with E-state index in [1.54, 1.807) is 7.11 Å². The summed E-state index contributed by atoms with van der Waals surface area (Å²) in [6, 6.07) is 26.4. The third kappa shape index (κ3) is 4.39. The highest BCUT2D eigenvalue weighted by atomic mass is 16.5. The number of para-hydroxylation sites is 3. The number of carbonyl (C=O) groups is 1. The van der Waals surface area contributed by atoms with Crippen molar-refractivity contribution in [1.82, 2.24) is 10.2 Å². The second kappa shape index (κ2) is 9.55. The number of hydrogen-bond acceptors (Lipinski definition) is 5. The minimum atomic E-state index is -0.163. The topological polar surface area (TPSA) is 48.1 Å². The van der Waals surface area contributed by atoms with Crippen molar-refractivity contribution in [1.29, 1.82) is 0 Å². The third-order valence-electron chi connectivity index (χ3n) is 6.61. The molecule has 2 heterocycles. The molecule has 5 rings (SSSR count). The number of carbonyl (C=O) groups excluding carboxylic acids is 1. The van der Waals surface area contributed by atoms with Crippen LogP contribution < -0.4 is 19.9 Å². The van der Waals surface area contributed by atoms with E-state index in [0.29, 0.717) is 0 Å². The molecule has 1 fully saturated rings. The van der Waals surface area contributed by atoms with Crippen molar-refractivity contribution >= 4 is 17.3 Å². The van der Waals surface area contributed by atoms with E-state index in [4.69, 9.17) is 4.74 Å². The average Bonchev–Trinajstić information content (AvgIpc) is 2.89. The molecule has 0 spiro atoms. The van der Waals surface area contributed by atoms with E-state index in [-0.39, 0.29) is 12.1 Å². The summed E-state index contributed by atoms with van der Waals surface area (Å²) in [7, 11) is 1.73. The number of hydrogen-bond donors (Lipinski definition) is 1. The summed E-state index contributed by atoms with van der Waals surface area (Å²) in [6.07, 6.45) is -0.163. The lowest BCUT2D eigenvalue weighted by atomic mass is 10.0. The van der Waals surface area contributed by atoms with Gasteiger partial charge in [-0.2, -0.15) is 0 Å². The number of rotatable bonds is 6. The van der Waals surface area contributed by atoms with E-state index in [9.17, 15) is 4.79 Å². The van der Waals surface area contributed by atoms with Crippen molar-refractivity contribution < 1.29 is 9.53 Å². The highest BCUT2D eigenvalue weighted by molar-refractivity contribution is 6.02. The summed E-state index contributed by atoms with van der Waals surface area (Å²) in [5.74, 6) is 0.915. The Morgan fingerprint density at radius 1 is 0.818 bits per heavy atom. The number of nitrogens with one attached hydrogen (secondary N) is 1. The van der Waals surface area contributed by atoms with Crippen LogP contribution in [0.2, 0.25) is 0 Å². The summed E-state index contributed by atoms with van der Waals surface area (Å²) >= 11 is 0. The monoisotopic (exact) mass is 442 g/mol. The van der Waals surface area contributed by atoms with Gasteiger partial charge in [-0.15, -0.1) is 0 Å². The zero-order valence-corrected chi connectivity index (χ0v) is 19.0. The van der Waals surface area contributed by atoms with Gasteiger partial charge in [0.25, 0.3) is 5.91 Å². The van der Waals surface area contributed by atoms with Gasteiger partial charge in [0.2, 0.25) is 0 Å². The highest BCUT2D eigenvalue weighted by Crippen LogP contribution is 2.33. The van der Waals surface area contributed by atoms with E-state index < -0.39 is 0 Å². The molecule has 0 bridgehead atoms. The molecule has 0 aromatic heterocycles. The minimum Gasteiger partial charge on any atom is -0.495 e. The van der Waals surface area contributed by atoms with Crippen LogP contribution >= 0.6 is 0 Å². The van der Waals surface area contributed by atoms with Gasteiger partial charge in [0, 0.05) is 39.3 Å². The number of fused-ring (bicyclic) bond motifs is 1. The first-order valence-corrected chi connectivity index (χ1v) is 11.6. The third-order valence-corrected chi connectivity index (χ3v) is 6.61. The molecular weight excluding hydrogens is 412 g/mol. The smallest absolute Gasteiger partial charge is 0.255 e. The Kier molecular flexibility index (Phi) is 6.17. The fourth-order valence-electron chi connectivity index (χ4n) is 4.84. The molecule has 2 aliphatic rings. The van der Waals surface area contributed by atoms with Gasteiger partial charge in [-0.1, -0.05) is 54.6 Å². The molecule has 1 atom stereocenters. The van der Waals surface area contributed by atoms with Crippen molar-refractivity contribution in [2.75, 3.05) is 56.2 Å². The van der Waals surface area contributed by atoms with Crippen LogP contribution in [0.25, 0.3) is 0 Å². The molecule has 0 radical (unpaired) electrons. The Morgan fingerprint density at radius 2 is 1.48 bits per heavy atom. The van der Waals surface area contributed by atoms with E-state index in [0.717, 1.165) is 67.5 Å². The van der Waals surface area contributed by atoms with Gasteiger partial charge in [0.1, 0.15) is 11.9 Å². The van der Waals surface area contributed by atoms with Gasteiger partial charge in [-0.3, -0.25) is 9.69 Å². The van der Waals surface area contributed by atoms with Crippen LogP contribution in [0.3, 0.4) is 0 Å². The maximum atomic E-state index is 12.8. The number of nitrogens with zero attached hydrogens (tertiary/aromatic N) is 3. The number of ether oxygens (including phenoxy) is 1. The predicted octanol–water partition coefficient (Wildman–Crippen LogP) is 3.77. The van der Waals surface area contributed by atoms with Gasteiger partial charge in [0.15, 0.2) is 0 Å². The Hall–Kier alpha value is -3.51. The first kappa shape index (κ1) is 21.3. The van der Waals surface area contributed by atoms with E-state index in [1.165, 1.54) is 0 Å². The van der Waals surface area contributed by atoms with E-state index >= 15 is 0 Å². The van der Waals surface area contributed by atoms with Crippen LogP contribution in [0, 0.1) is 0 Å². The number of amides is 1. The fraction of sp³-hybridized carbons (Fsp3) is 0.296. The number of methoxy groups -OCH3 is 1. The van der Waals surface area contributed by atoms with Crippen molar-refractivity contribution in [2.24, 2.45) is 0 Å². The molecule has 1 unspecified atom stereocenters. The standard InChI is InChI=1S/C27H30N4O2/c1-33-25-14-8-7-13-24(25)30-18-15-29(16-19-30)17-20-31-23-12-6-5-11-22(23)27(32)28-26(31)21-9-3-2-4-10-21/h2-14,26H,15-20H2,1H3,(H,28,32). The lowest BCUT2D eigenvalue weighted by Crippen LogP contribution is -2.52. The van der Waals surface area contributed by atoms with Gasteiger partial charge >= 0.3 is 0 Å². The fourth-order valence-corrected chi connectivity index (χ4v) is 4.84. The molecule has 1 saturated heterocycles. The molecule has 2 aliphatic heterocycles. The van der Waals surface area contributed by atoms with E-state index in [2.05, 4.69) is 50.3 Å². The number of piperazine rings is 1. The number of anilines is 2. The Balaban J connectivity index is 1.29. The van der Waals surface area contributed by atoms with Crippen LogP contribution in [-0.2, 0) is 0 Å². The molecule has 170 valence electrons. The summed E-state index contributed by atoms with van der Waals surface area (Å²) < 4.78 is 5.55. The van der Waals surface area contributed by atoms with Gasteiger partial charge < -0.3 is 19.9 Å². The molecule has 0 aliphatic carbocycles. The lowest BCUT2D eigenvalue weighted by Gasteiger charge is -2.42. The van der Waals surface area contributed by atoms with Gasteiger partial charge in [0.05, 0.1) is 24.0 Å². The van der Waals surface area contributed by atoms with Crippen molar-refractivity contribution in [3.05, 3.63) is 90.0 Å². The first-order chi connectivity index (χ1) is 16.2. The Morgan fingerprint density at radius 3 is 2.24 bits per heavy atom. The summed E-state index contributed by atoms with van der Waals surface area (Å²) in [4.78, 5) is 20.0. The Labute approximate surface area is 195 Å². The molecule has 1 amide bonds.